The van der Waals surface area contributed by atoms with E-state index >= 15 is 0 Å². The largest absolute Gasteiger partial charge is 0.467 e. The highest BCUT2D eigenvalue weighted by molar-refractivity contribution is 6.00. The molecule has 0 N–H and O–H groups in total. The molecule has 0 aliphatic rings. The second kappa shape index (κ2) is 8.52. The van der Waals surface area contributed by atoms with Crippen molar-refractivity contribution in [2.75, 3.05) is 14.2 Å². The molecular weight excluding hydrogens is 320 g/mol. The maximum atomic E-state index is 12.8. The third-order valence-corrected chi connectivity index (χ3v) is 3.82. The number of likely N-dealkylation sites (N-methyl/N-ethyl adjacent to an activating group) is 1. The second-order valence-electron chi connectivity index (χ2n) is 5.35. The number of rotatable bonds is 6. The Kier molecular flexibility index (Phi) is 6.14. The molecule has 0 spiro atoms. The Hall–Kier alpha value is -3.31. The molecule has 0 fully saturated rings. The minimum atomic E-state index is -0.793. The number of hydrogen-bond acceptors (Lipinski definition) is 4. The first kappa shape index (κ1) is 18.0. The van der Waals surface area contributed by atoms with Gasteiger partial charge in [-0.2, -0.15) is 0 Å². The number of hydrogen-bond donors (Lipinski definition) is 0. The van der Waals surface area contributed by atoms with Crippen molar-refractivity contribution in [2.45, 2.75) is 12.5 Å². The van der Waals surface area contributed by atoms with Crippen molar-refractivity contribution in [2.24, 2.45) is 5.11 Å². The van der Waals surface area contributed by atoms with Crippen LogP contribution in [0.2, 0.25) is 0 Å². The van der Waals surface area contributed by atoms with E-state index in [1.807, 2.05) is 30.3 Å². The molecule has 0 heterocycles. The Bertz CT molecular complexity index is 801. The fourth-order valence-corrected chi connectivity index (χ4v) is 2.47. The molecule has 128 valence electrons. The van der Waals surface area contributed by atoms with E-state index in [0.717, 1.165) is 5.56 Å². The van der Waals surface area contributed by atoms with Gasteiger partial charge in [-0.25, -0.2) is 4.79 Å². The van der Waals surface area contributed by atoms with E-state index in [4.69, 9.17) is 10.3 Å². The summed E-state index contributed by atoms with van der Waals surface area (Å²) in [5.41, 5.74) is 10.00. The van der Waals surface area contributed by atoms with Crippen molar-refractivity contribution in [3.8, 4) is 0 Å². The Balaban J connectivity index is 2.33. The van der Waals surface area contributed by atoms with Crippen LogP contribution in [0.15, 0.2) is 59.7 Å². The highest BCUT2D eigenvalue weighted by atomic mass is 16.5. The lowest BCUT2D eigenvalue weighted by Gasteiger charge is -2.26. The zero-order valence-electron chi connectivity index (χ0n) is 14.0. The fourth-order valence-electron chi connectivity index (χ4n) is 2.47. The smallest absolute Gasteiger partial charge is 0.328 e. The number of carbonyl (C=O) groups is 2. The van der Waals surface area contributed by atoms with Gasteiger partial charge in [0.25, 0.3) is 5.91 Å². The van der Waals surface area contributed by atoms with Crippen LogP contribution in [-0.4, -0.2) is 37.0 Å². The van der Waals surface area contributed by atoms with E-state index in [1.165, 1.54) is 19.1 Å². The summed E-state index contributed by atoms with van der Waals surface area (Å²) in [6, 6.07) is 15.0. The highest BCUT2D eigenvalue weighted by Crippen LogP contribution is 2.22. The Morgan fingerprint density at radius 1 is 1.16 bits per heavy atom. The van der Waals surface area contributed by atoms with Crippen molar-refractivity contribution >= 4 is 17.6 Å². The van der Waals surface area contributed by atoms with Gasteiger partial charge in [-0.1, -0.05) is 53.6 Å². The van der Waals surface area contributed by atoms with Crippen LogP contribution < -0.4 is 0 Å². The molecule has 7 nitrogen and oxygen atoms in total. The zero-order chi connectivity index (χ0) is 18.2. The topological polar surface area (TPSA) is 95.4 Å². The molecule has 0 radical (unpaired) electrons. The Labute approximate surface area is 145 Å². The molecular formula is C18H18N4O3. The number of azide groups is 1. The van der Waals surface area contributed by atoms with E-state index in [0.29, 0.717) is 6.42 Å². The van der Waals surface area contributed by atoms with E-state index in [9.17, 15) is 9.59 Å². The number of methoxy groups -OCH3 is 1. The standard InChI is InChI=1S/C18H18N4O3/c1-22(17(23)14-10-6-7-11-15(14)20-21-19)16(18(24)25-2)12-13-8-4-3-5-9-13/h3-11,16H,12H2,1-2H3/t16-/m0/s1. The molecule has 0 aliphatic carbocycles. The molecule has 7 heteroatoms. The maximum absolute atomic E-state index is 12.8. The van der Waals surface area contributed by atoms with Crippen LogP contribution in [0.25, 0.3) is 10.4 Å². The number of carbonyl (C=O) groups excluding carboxylic acids is 2. The first-order valence-electron chi connectivity index (χ1n) is 7.61. The van der Waals surface area contributed by atoms with Crippen LogP contribution in [0.3, 0.4) is 0 Å². The molecule has 0 aliphatic heterocycles. The monoisotopic (exact) mass is 338 g/mol. The summed E-state index contributed by atoms with van der Waals surface area (Å²) in [7, 11) is 2.81. The predicted octanol–water partition coefficient (Wildman–Crippen LogP) is 3.48. The van der Waals surface area contributed by atoms with Crippen LogP contribution in [0.4, 0.5) is 5.69 Å². The van der Waals surface area contributed by atoms with Gasteiger partial charge in [-0.05, 0) is 17.2 Å². The van der Waals surface area contributed by atoms with Crippen LogP contribution >= 0.6 is 0 Å². The number of ether oxygens (including phenoxy) is 1. The summed E-state index contributed by atoms with van der Waals surface area (Å²) >= 11 is 0. The number of amides is 1. The lowest BCUT2D eigenvalue weighted by atomic mass is 10.0. The van der Waals surface area contributed by atoms with Crippen molar-refractivity contribution in [1.29, 1.82) is 0 Å². The van der Waals surface area contributed by atoms with E-state index in [1.54, 1.807) is 24.3 Å². The van der Waals surface area contributed by atoms with Gasteiger partial charge in [0, 0.05) is 23.9 Å². The van der Waals surface area contributed by atoms with Crippen LogP contribution in [0.5, 0.6) is 0 Å². The van der Waals surface area contributed by atoms with E-state index in [-0.39, 0.29) is 11.3 Å². The number of benzene rings is 2. The molecule has 0 saturated carbocycles. The van der Waals surface area contributed by atoms with Crippen LogP contribution in [0.1, 0.15) is 15.9 Å². The molecule has 0 unspecified atom stereocenters. The molecule has 1 atom stereocenters. The second-order valence-corrected chi connectivity index (χ2v) is 5.35. The number of nitrogens with zero attached hydrogens (tertiary/aromatic N) is 4. The third kappa shape index (κ3) is 4.37. The quantitative estimate of drug-likeness (QED) is 0.349. The molecule has 0 aromatic heterocycles. The van der Waals surface area contributed by atoms with Crippen molar-refractivity contribution < 1.29 is 14.3 Å². The Morgan fingerprint density at radius 2 is 1.80 bits per heavy atom. The molecule has 25 heavy (non-hydrogen) atoms. The normalized spacial score (nSPS) is 11.1. The van der Waals surface area contributed by atoms with Gasteiger partial charge in [0.15, 0.2) is 0 Å². The summed E-state index contributed by atoms with van der Waals surface area (Å²) in [4.78, 5) is 29.1. The number of esters is 1. The van der Waals surface area contributed by atoms with Crippen molar-refractivity contribution in [3.05, 3.63) is 76.2 Å². The lowest BCUT2D eigenvalue weighted by molar-refractivity contribution is -0.145. The van der Waals surface area contributed by atoms with Gasteiger partial charge >= 0.3 is 5.97 Å². The summed E-state index contributed by atoms with van der Waals surface area (Å²) in [5, 5.41) is 3.54. The molecule has 1 amide bonds. The lowest BCUT2D eigenvalue weighted by Crippen LogP contribution is -2.44. The highest BCUT2D eigenvalue weighted by Gasteiger charge is 2.29. The summed E-state index contributed by atoms with van der Waals surface area (Å²) in [6.07, 6.45) is 0.319. The molecule has 2 aromatic carbocycles. The van der Waals surface area contributed by atoms with Crippen molar-refractivity contribution in [1.82, 2.24) is 4.90 Å². The zero-order valence-corrected chi connectivity index (χ0v) is 14.0. The van der Waals surface area contributed by atoms with Gasteiger partial charge in [0.1, 0.15) is 6.04 Å². The Morgan fingerprint density at radius 3 is 2.44 bits per heavy atom. The third-order valence-electron chi connectivity index (χ3n) is 3.82. The first-order chi connectivity index (χ1) is 12.1. The van der Waals surface area contributed by atoms with Gasteiger partial charge in [-0.3, -0.25) is 4.79 Å². The first-order valence-corrected chi connectivity index (χ1v) is 7.61. The van der Waals surface area contributed by atoms with E-state index in [2.05, 4.69) is 10.0 Å². The van der Waals surface area contributed by atoms with E-state index < -0.39 is 17.9 Å². The minimum Gasteiger partial charge on any atom is -0.467 e. The fraction of sp³-hybridized carbons (Fsp3) is 0.222. The average molecular weight is 338 g/mol. The maximum Gasteiger partial charge on any atom is 0.328 e. The van der Waals surface area contributed by atoms with Gasteiger partial charge < -0.3 is 9.64 Å². The van der Waals surface area contributed by atoms with Crippen LogP contribution in [-0.2, 0) is 16.0 Å². The summed E-state index contributed by atoms with van der Waals surface area (Å²) < 4.78 is 4.85. The van der Waals surface area contributed by atoms with Gasteiger partial charge in [0.2, 0.25) is 0 Å². The summed E-state index contributed by atoms with van der Waals surface area (Å²) in [6.45, 7) is 0. The average Bonchev–Trinajstić information content (AvgIpc) is 2.66. The van der Waals surface area contributed by atoms with Gasteiger partial charge in [0.05, 0.1) is 12.8 Å². The molecule has 2 rings (SSSR count). The SMILES string of the molecule is COC(=O)[C@H](Cc1ccccc1)N(C)C(=O)c1ccccc1N=[N+]=[N-]. The molecule has 0 saturated heterocycles. The van der Waals surface area contributed by atoms with Crippen molar-refractivity contribution in [3.63, 3.8) is 0 Å². The predicted molar refractivity (Wildman–Crippen MR) is 93.3 cm³/mol. The van der Waals surface area contributed by atoms with Gasteiger partial charge in [-0.15, -0.1) is 0 Å². The molecule has 2 aromatic rings. The molecule has 0 bridgehead atoms. The van der Waals surface area contributed by atoms with Crippen LogP contribution in [0, 0.1) is 0 Å². The minimum absolute atomic E-state index is 0.213. The summed E-state index contributed by atoms with van der Waals surface area (Å²) in [5.74, 6) is -0.935.